The van der Waals surface area contributed by atoms with Crippen LogP contribution in [0.5, 0.6) is 0 Å². The molecule has 0 atom stereocenters. The second kappa shape index (κ2) is 5.89. The van der Waals surface area contributed by atoms with Gasteiger partial charge in [-0.25, -0.2) is 9.98 Å². The second-order valence-corrected chi connectivity index (χ2v) is 7.02. The van der Waals surface area contributed by atoms with Gasteiger partial charge >= 0.3 is 0 Å². The molecule has 1 N–H and O–H groups in total. The minimum atomic E-state index is -0.165. The van der Waals surface area contributed by atoms with Gasteiger partial charge in [-0.05, 0) is 42.5 Å². The number of aliphatic imine (C=N–C) groups is 1. The molecule has 4 nitrogen and oxygen atoms in total. The van der Waals surface area contributed by atoms with E-state index in [-0.39, 0.29) is 5.91 Å². The second-order valence-electron chi connectivity index (χ2n) is 5.99. The maximum absolute atomic E-state index is 12.2. The lowest BCUT2D eigenvalue weighted by atomic mass is 10.1. The molecule has 5 heteroatoms. The molecule has 0 unspecified atom stereocenters. The minimum absolute atomic E-state index is 0.165. The number of para-hydroxylation sites is 2. The third-order valence-electron chi connectivity index (χ3n) is 4.29. The van der Waals surface area contributed by atoms with Crippen molar-refractivity contribution >= 4 is 44.5 Å². The molecule has 3 aromatic carbocycles. The van der Waals surface area contributed by atoms with Crippen LogP contribution in [0.2, 0.25) is 0 Å². The summed E-state index contributed by atoms with van der Waals surface area (Å²) in [7, 11) is 0. The van der Waals surface area contributed by atoms with Gasteiger partial charge in [0.2, 0.25) is 0 Å². The topological polar surface area (TPSA) is 54.4 Å². The molecule has 26 heavy (non-hydrogen) atoms. The number of hydrogen-bond donors (Lipinski definition) is 1. The molecule has 5 rings (SSSR count). The Balaban J connectivity index is 1.50. The Hall–Kier alpha value is -3.31. The van der Waals surface area contributed by atoms with Crippen LogP contribution in [-0.4, -0.2) is 16.6 Å². The van der Waals surface area contributed by atoms with Crippen LogP contribution < -0.4 is 5.32 Å². The largest absolute Gasteiger partial charge is 0.320 e. The van der Waals surface area contributed by atoms with Crippen molar-refractivity contribution in [1.29, 1.82) is 0 Å². The summed E-state index contributed by atoms with van der Waals surface area (Å²) in [5.74, 6) is -0.165. The van der Waals surface area contributed by atoms with E-state index in [1.54, 1.807) is 11.3 Å². The summed E-state index contributed by atoms with van der Waals surface area (Å²) in [6.07, 6.45) is 0. The average molecular weight is 355 g/mol. The Bertz CT molecular complexity index is 1140. The monoisotopic (exact) mass is 355 g/mol. The number of anilines is 1. The van der Waals surface area contributed by atoms with Crippen LogP contribution in [0.15, 0.2) is 77.8 Å². The molecule has 2 heterocycles. The van der Waals surface area contributed by atoms with E-state index in [0.717, 1.165) is 33.0 Å². The van der Waals surface area contributed by atoms with Crippen molar-refractivity contribution < 1.29 is 4.79 Å². The van der Waals surface area contributed by atoms with Gasteiger partial charge < -0.3 is 5.32 Å². The van der Waals surface area contributed by atoms with Crippen molar-refractivity contribution in [3.8, 4) is 10.6 Å². The Labute approximate surface area is 153 Å². The van der Waals surface area contributed by atoms with Gasteiger partial charge in [0.25, 0.3) is 5.91 Å². The highest BCUT2D eigenvalue weighted by atomic mass is 32.1. The molecule has 124 valence electrons. The molecular formula is C21H13N3OS. The van der Waals surface area contributed by atoms with E-state index in [9.17, 15) is 4.79 Å². The van der Waals surface area contributed by atoms with Crippen molar-refractivity contribution in [3.63, 3.8) is 0 Å². The molecule has 0 bridgehead atoms. The molecular weight excluding hydrogens is 342 g/mol. The van der Waals surface area contributed by atoms with Crippen LogP contribution in [0.4, 0.5) is 11.4 Å². The van der Waals surface area contributed by atoms with E-state index >= 15 is 0 Å². The summed E-state index contributed by atoms with van der Waals surface area (Å²) in [4.78, 5) is 21.4. The third-order valence-corrected chi connectivity index (χ3v) is 5.38. The maximum atomic E-state index is 12.2. The van der Waals surface area contributed by atoms with Crippen molar-refractivity contribution in [2.75, 3.05) is 5.32 Å². The summed E-state index contributed by atoms with van der Waals surface area (Å²) in [5, 5.41) is 3.82. The van der Waals surface area contributed by atoms with Gasteiger partial charge in [-0.1, -0.05) is 30.3 Å². The van der Waals surface area contributed by atoms with Crippen LogP contribution in [-0.2, 0) is 4.79 Å². The standard InChI is InChI=1S/C21H13N3OS/c25-20-19(15-5-1-2-6-16(15)23-20)22-14-11-9-13(10-12-14)21-24-17-7-3-4-8-18(17)26-21/h1-12H,(H,22,23,25). The molecule has 0 aliphatic carbocycles. The first kappa shape index (κ1) is 15.0. The SMILES string of the molecule is O=C1Nc2ccccc2C1=Nc1ccc(-c2nc3ccccc3s2)cc1. The van der Waals surface area contributed by atoms with Gasteiger partial charge in [-0.15, -0.1) is 11.3 Å². The molecule has 4 aromatic rings. The number of aromatic nitrogens is 1. The zero-order valence-corrected chi connectivity index (χ0v) is 14.5. The molecule has 0 radical (unpaired) electrons. The van der Waals surface area contributed by atoms with Crippen molar-refractivity contribution in [3.05, 3.63) is 78.4 Å². The van der Waals surface area contributed by atoms with Crippen LogP contribution in [0, 0.1) is 0 Å². The number of fused-ring (bicyclic) bond motifs is 2. The van der Waals surface area contributed by atoms with E-state index in [1.165, 1.54) is 4.70 Å². The number of carbonyl (C=O) groups excluding carboxylic acids is 1. The number of nitrogens with zero attached hydrogens (tertiary/aromatic N) is 2. The smallest absolute Gasteiger partial charge is 0.275 e. The van der Waals surface area contributed by atoms with Crippen molar-refractivity contribution in [2.45, 2.75) is 0 Å². The summed E-state index contributed by atoms with van der Waals surface area (Å²) < 4.78 is 1.17. The highest BCUT2D eigenvalue weighted by Crippen LogP contribution is 2.31. The zero-order chi connectivity index (χ0) is 17.5. The summed E-state index contributed by atoms with van der Waals surface area (Å²) in [6.45, 7) is 0. The van der Waals surface area contributed by atoms with Gasteiger partial charge in [-0.2, -0.15) is 0 Å². The van der Waals surface area contributed by atoms with E-state index in [1.807, 2.05) is 66.7 Å². The summed E-state index contributed by atoms with van der Waals surface area (Å²) in [6, 6.07) is 23.5. The summed E-state index contributed by atoms with van der Waals surface area (Å²) >= 11 is 1.67. The molecule has 0 fully saturated rings. The Kier molecular flexibility index (Phi) is 3.40. The van der Waals surface area contributed by atoms with Gasteiger partial charge in [0.1, 0.15) is 10.7 Å². The predicted molar refractivity (Wildman–Crippen MR) is 106 cm³/mol. The number of carbonyl (C=O) groups is 1. The number of thiazole rings is 1. The highest BCUT2D eigenvalue weighted by Gasteiger charge is 2.25. The first-order valence-corrected chi connectivity index (χ1v) is 9.05. The van der Waals surface area contributed by atoms with E-state index in [2.05, 4.69) is 21.4 Å². The summed E-state index contributed by atoms with van der Waals surface area (Å²) in [5.41, 5.74) is 4.91. The molecule has 0 saturated carbocycles. The molecule has 1 aliphatic heterocycles. The van der Waals surface area contributed by atoms with E-state index in [4.69, 9.17) is 0 Å². The Morgan fingerprint density at radius 1 is 0.885 bits per heavy atom. The quantitative estimate of drug-likeness (QED) is 0.548. The number of benzene rings is 3. The third kappa shape index (κ3) is 2.50. The van der Waals surface area contributed by atoms with Gasteiger partial charge in [0.05, 0.1) is 21.6 Å². The van der Waals surface area contributed by atoms with Crippen molar-refractivity contribution in [2.24, 2.45) is 4.99 Å². The van der Waals surface area contributed by atoms with Crippen LogP contribution in [0.1, 0.15) is 5.56 Å². The first-order chi connectivity index (χ1) is 12.8. The van der Waals surface area contributed by atoms with Crippen LogP contribution >= 0.6 is 11.3 Å². The first-order valence-electron chi connectivity index (χ1n) is 8.23. The lowest BCUT2D eigenvalue weighted by molar-refractivity contribution is -0.110. The number of hydrogen-bond acceptors (Lipinski definition) is 4. The van der Waals surface area contributed by atoms with E-state index < -0.39 is 0 Å². The van der Waals surface area contributed by atoms with Gasteiger partial charge in [0.15, 0.2) is 0 Å². The number of rotatable bonds is 2. The molecule has 1 aliphatic rings. The normalized spacial score (nSPS) is 14.6. The van der Waals surface area contributed by atoms with Crippen LogP contribution in [0.3, 0.4) is 0 Å². The molecule has 1 amide bonds. The fourth-order valence-electron chi connectivity index (χ4n) is 3.02. The van der Waals surface area contributed by atoms with Crippen LogP contribution in [0.25, 0.3) is 20.8 Å². The molecule has 0 spiro atoms. The average Bonchev–Trinajstić information content (AvgIpc) is 3.24. The van der Waals surface area contributed by atoms with E-state index in [0.29, 0.717) is 5.71 Å². The Morgan fingerprint density at radius 3 is 2.50 bits per heavy atom. The predicted octanol–water partition coefficient (Wildman–Crippen LogP) is 5.04. The van der Waals surface area contributed by atoms with Gasteiger partial charge in [0, 0.05) is 11.1 Å². The highest BCUT2D eigenvalue weighted by molar-refractivity contribution is 7.21. The number of nitrogens with one attached hydrogen (secondary N) is 1. The zero-order valence-electron chi connectivity index (χ0n) is 13.6. The fraction of sp³-hybridized carbons (Fsp3) is 0. The Morgan fingerprint density at radius 2 is 1.65 bits per heavy atom. The number of amides is 1. The lowest BCUT2D eigenvalue weighted by Crippen LogP contribution is -2.13. The maximum Gasteiger partial charge on any atom is 0.275 e. The fourth-order valence-corrected chi connectivity index (χ4v) is 3.99. The van der Waals surface area contributed by atoms with Gasteiger partial charge in [-0.3, -0.25) is 4.79 Å². The molecule has 1 aromatic heterocycles. The van der Waals surface area contributed by atoms with Crippen molar-refractivity contribution in [1.82, 2.24) is 4.98 Å². The minimum Gasteiger partial charge on any atom is -0.320 e. The molecule has 0 saturated heterocycles. The lowest BCUT2D eigenvalue weighted by Gasteiger charge is -2.00.